The lowest BCUT2D eigenvalue weighted by Gasteiger charge is -2.07. The average Bonchev–Trinajstić information content (AvgIpc) is 2.70. The predicted molar refractivity (Wildman–Crippen MR) is 55.0 cm³/mol. The van der Waals surface area contributed by atoms with E-state index in [0.29, 0.717) is 11.2 Å². The fraction of sp³-hybridized carbons (Fsp3) is 0.200. The van der Waals surface area contributed by atoms with E-state index in [9.17, 15) is 4.79 Å². The molecule has 0 spiro atoms. The van der Waals surface area contributed by atoms with Crippen molar-refractivity contribution in [2.45, 2.75) is 6.04 Å². The molecule has 0 amide bonds. The lowest BCUT2D eigenvalue weighted by Crippen LogP contribution is -2.22. The summed E-state index contributed by atoms with van der Waals surface area (Å²) in [5.41, 5.74) is 7.15. The number of methoxy groups -OCH3 is 1. The Morgan fingerprint density at radius 2 is 2.47 bits per heavy atom. The van der Waals surface area contributed by atoms with Gasteiger partial charge in [-0.05, 0) is 12.1 Å². The Labute approximate surface area is 86.3 Å². The first-order valence-corrected chi connectivity index (χ1v) is 4.49. The minimum Gasteiger partial charge on any atom is -0.468 e. The van der Waals surface area contributed by atoms with Gasteiger partial charge in [0.15, 0.2) is 0 Å². The summed E-state index contributed by atoms with van der Waals surface area (Å²) >= 11 is 0. The van der Waals surface area contributed by atoms with Gasteiger partial charge in [0.2, 0.25) is 0 Å². The van der Waals surface area contributed by atoms with Gasteiger partial charge in [0.25, 0.3) is 0 Å². The van der Waals surface area contributed by atoms with Gasteiger partial charge in [0.1, 0.15) is 11.7 Å². The van der Waals surface area contributed by atoms with Crippen molar-refractivity contribution in [1.29, 1.82) is 0 Å². The van der Waals surface area contributed by atoms with Crippen molar-refractivity contribution in [3.05, 3.63) is 30.1 Å². The zero-order valence-corrected chi connectivity index (χ0v) is 8.23. The number of esters is 1. The van der Waals surface area contributed by atoms with Gasteiger partial charge < -0.3 is 15.5 Å². The molecule has 0 saturated heterocycles. The Kier molecular flexibility index (Phi) is 2.39. The summed E-state index contributed by atoms with van der Waals surface area (Å²) in [7, 11) is 1.31. The Morgan fingerprint density at radius 3 is 3.20 bits per heavy atom. The van der Waals surface area contributed by atoms with Gasteiger partial charge >= 0.3 is 5.97 Å². The average molecular weight is 205 g/mol. The molecule has 2 aromatic rings. The number of pyridine rings is 1. The molecule has 3 N–H and O–H groups in total. The second kappa shape index (κ2) is 3.70. The van der Waals surface area contributed by atoms with E-state index in [1.807, 2.05) is 6.07 Å². The van der Waals surface area contributed by atoms with Crippen LogP contribution in [0.5, 0.6) is 0 Å². The van der Waals surface area contributed by atoms with Crippen LogP contribution < -0.4 is 5.73 Å². The van der Waals surface area contributed by atoms with E-state index < -0.39 is 12.0 Å². The Hall–Kier alpha value is -1.88. The molecule has 0 aliphatic carbocycles. The Balaban J connectivity index is 2.48. The standard InChI is InChI=1S/C10H11N3O2/c1-15-10(14)8(11)7-5-13-9-6(7)3-2-4-12-9/h2-5,8H,11H2,1H3,(H,12,13)/t8-/m1/s1. The maximum atomic E-state index is 11.3. The second-order valence-corrected chi connectivity index (χ2v) is 3.14. The first-order valence-electron chi connectivity index (χ1n) is 4.49. The van der Waals surface area contributed by atoms with Gasteiger partial charge in [-0.25, -0.2) is 4.98 Å². The lowest BCUT2D eigenvalue weighted by molar-refractivity contribution is -0.142. The van der Waals surface area contributed by atoms with Crippen molar-refractivity contribution in [1.82, 2.24) is 9.97 Å². The number of fused-ring (bicyclic) bond motifs is 1. The van der Waals surface area contributed by atoms with E-state index in [-0.39, 0.29) is 0 Å². The third-order valence-corrected chi connectivity index (χ3v) is 2.27. The molecule has 2 aromatic heterocycles. The number of hydrogen-bond donors (Lipinski definition) is 2. The molecule has 0 unspecified atom stereocenters. The normalized spacial score (nSPS) is 12.7. The number of ether oxygens (including phenoxy) is 1. The first-order chi connectivity index (χ1) is 7.24. The largest absolute Gasteiger partial charge is 0.468 e. The Bertz CT molecular complexity index is 492. The van der Waals surface area contributed by atoms with Crippen LogP contribution in [0.1, 0.15) is 11.6 Å². The van der Waals surface area contributed by atoms with Crippen molar-refractivity contribution >= 4 is 17.0 Å². The van der Waals surface area contributed by atoms with Crippen molar-refractivity contribution in [3.8, 4) is 0 Å². The molecule has 0 radical (unpaired) electrons. The predicted octanol–water partition coefficient (Wildman–Crippen LogP) is 0.736. The molecular formula is C10H11N3O2. The van der Waals surface area contributed by atoms with E-state index in [4.69, 9.17) is 5.73 Å². The summed E-state index contributed by atoms with van der Waals surface area (Å²) in [6.45, 7) is 0. The lowest BCUT2D eigenvalue weighted by atomic mass is 10.1. The zero-order chi connectivity index (χ0) is 10.8. The van der Waals surface area contributed by atoms with Crippen LogP contribution in [-0.4, -0.2) is 23.0 Å². The summed E-state index contributed by atoms with van der Waals surface area (Å²) in [5, 5.41) is 0.843. The topological polar surface area (TPSA) is 81.0 Å². The highest BCUT2D eigenvalue weighted by Gasteiger charge is 2.19. The molecule has 5 nitrogen and oxygen atoms in total. The number of carbonyl (C=O) groups excluding carboxylic acids is 1. The van der Waals surface area contributed by atoms with Gasteiger partial charge in [-0.1, -0.05) is 0 Å². The van der Waals surface area contributed by atoms with Crippen molar-refractivity contribution in [2.24, 2.45) is 5.73 Å². The molecule has 0 aliphatic rings. The van der Waals surface area contributed by atoms with Crippen molar-refractivity contribution in [3.63, 3.8) is 0 Å². The maximum Gasteiger partial charge on any atom is 0.327 e. The number of aromatic amines is 1. The second-order valence-electron chi connectivity index (χ2n) is 3.14. The van der Waals surface area contributed by atoms with Crippen LogP contribution in [0.25, 0.3) is 11.0 Å². The van der Waals surface area contributed by atoms with Crippen LogP contribution >= 0.6 is 0 Å². The van der Waals surface area contributed by atoms with Gasteiger partial charge in [0.05, 0.1) is 7.11 Å². The van der Waals surface area contributed by atoms with E-state index in [1.165, 1.54) is 7.11 Å². The molecule has 2 heterocycles. The third-order valence-electron chi connectivity index (χ3n) is 2.27. The molecule has 0 fully saturated rings. The number of aromatic nitrogens is 2. The van der Waals surface area contributed by atoms with Gasteiger partial charge in [-0.3, -0.25) is 4.79 Å². The summed E-state index contributed by atoms with van der Waals surface area (Å²) in [6.07, 6.45) is 3.35. The number of H-pyrrole nitrogens is 1. The molecule has 0 aliphatic heterocycles. The van der Waals surface area contributed by atoms with Crippen LogP contribution in [0.3, 0.4) is 0 Å². The van der Waals surface area contributed by atoms with Gasteiger partial charge in [0, 0.05) is 23.3 Å². The number of carbonyl (C=O) groups is 1. The van der Waals surface area contributed by atoms with E-state index >= 15 is 0 Å². The van der Waals surface area contributed by atoms with E-state index in [0.717, 1.165) is 5.39 Å². The fourth-order valence-electron chi connectivity index (χ4n) is 1.49. The van der Waals surface area contributed by atoms with E-state index in [2.05, 4.69) is 14.7 Å². The van der Waals surface area contributed by atoms with Gasteiger partial charge in [-0.15, -0.1) is 0 Å². The first kappa shape index (κ1) is 9.67. The molecule has 78 valence electrons. The highest BCUT2D eigenvalue weighted by atomic mass is 16.5. The summed E-state index contributed by atoms with van der Waals surface area (Å²) in [4.78, 5) is 18.3. The molecule has 5 heteroatoms. The third kappa shape index (κ3) is 1.57. The maximum absolute atomic E-state index is 11.3. The smallest absolute Gasteiger partial charge is 0.327 e. The summed E-state index contributed by atoms with van der Waals surface area (Å²) < 4.78 is 4.59. The van der Waals surface area contributed by atoms with Crippen LogP contribution in [0.15, 0.2) is 24.5 Å². The molecule has 15 heavy (non-hydrogen) atoms. The van der Waals surface area contributed by atoms with Crippen molar-refractivity contribution in [2.75, 3.05) is 7.11 Å². The molecule has 2 rings (SSSR count). The van der Waals surface area contributed by atoms with Crippen molar-refractivity contribution < 1.29 is 9.53 Å². The number of nitrogens with zero attached hydrogens (tertiary/aromatic N) is 1. The van der Waals surface area contributed by atoms with Gasteiger partial charge in [-0.2, -0.15) is 0 Å². The quantitative estimate of drug-likeness (QED) is 0.708. The number of nitrogens with one attached hydrogen (secondary N) is 1. The van der Waals surface area contributed by atoms with Crippen LogP contribution in [-0.2, 0) is 9.53 Å². The highest BCUT2D eigenvalue weighted by Crippen LogP contribution is 2.21. The summed E-state index contributed by atoms with van der Waals surface area (Å²) in [5.74, 6) is -0.459. The van der Waals surface area contributed by atoms with E-state index in [1.54, 1.807) is 18.5 Å². The Morgan fingerprint density at radius 1 is 1.67 bits per heavy atom. The van der Waals surface area contributed by atoms with Crippen LogP contribution in [0, 0.1) is 0 Å². The summed E-state index contributed by atoms with van der Waals surface area (Å²) in [6, 6.07) is 2.88. The molecule has 0 aromatic carbocycles. The molecule has 1 atom stereocenters. The molecular weight excluding hydrogens is 194 g/mol. The number of nitrogens with two attached hydrogens (primary N) is 1. The molecule has 0 saturated carbocycles. The zero-order valence-electron chi connectivity index (χ0n) is 8.23. The number of rotatable bonds is 2. The minimum atomic E-state index is -0.770. The highest BCUT2D eigenvalue weighted by molar-refractivity contribution is 5.87. The van der Waals surface area contributed by atoms with Crippen LogP contribution in [0.4, 0.5) is 0 Å². The number of hydrogen-bond acceptors (Lipinski definition) is 4. The SMILES string of the molecule is COC(=O)[C@H](N)c1c[nH]c2ncccc12. The minimum absolute atomic E-state index is 0.459. The monoisotopic (exact) mass is 205 g/mol. The molecule has 0 bridgehead atoms. The fourth-order valence-corrected chi connectivity index (χ4v) is 1.49. The van der Waals surface area contributed by atoms with Crippen LogP contribution in [0.2, 0.25) is 0 Å².